The Morgan fingerprint density at radius 3 is 2.52 bits per heavy atom. The molecule has 0 radical (unpaired) electrons. The van der Waals surface area contributed by atoms with Crippen molar-refractivity contribution in [2.24, 2.45) is 0 Å². The SMILES string of the molecule is COC(=O)[C@@H](C)N1C(=O)SC(=Cc2ccc(F)cc2)C1=O. The van der Waals surface area contributed by atoms with Crippen LogP contribution in [0.5, 0.6) is 0 Å². The third-order valence-corrected chi connectivity index (χ3v) is 3.80. The Bertz CT molecular complexity index is 626. The van der Waals surface area contributed by atoms with Gasteiger partial charge in [0, 0.05) is 0 Å². The summed E-state index contributed by atoms with van der Waals surface area (Å²) in [5.41, 5.74) is 0.590. The smallest absolute Gasteiger partial charge is 0.328 e. The predicted molar refractivity (Wildman–Crippen MR) is 75.7 cm³/mol. The maximum Gasteiger partial charge on any atom is 0.328 e. The monoisotopic (exact) mass is 309 g/mol. The van der Waals surface area contributed by atoms with Crippen LogP contribution in [-0.2, 0) is 14.3 Å². The number of imide groups is 1. The van der Waals surface area contributed by atoms with Crippen molar-refractivity contribution in [2.45, 2.75) is 13.0 Å². The number of benzene rings is 1. The average Bonchev–Trinajstić information content (AvgIpc) is 2.74. The lowest BCUT2D eigenvalue weighted by atomic mass is 10.2. The number of halogens is 1. The molecule has 110 valence electrons. The predicted octanol–water partition coefficient (Wildman–Crippen LogP) is 2.42. The second kappa shape index (κ2) is 6.09. The van der Waals surface area contributed by atoms with Gasteiger partial charge in [-0.05, 0) is 42.5 Å². The highest BCUT2D eigenvalue weighted by molar-refractivity contribution is 8.18. The van der Waals surface area contributed by atoms with Crippen LogP contribution in [0.2, 0.25) is 0 Å². The van der Waals surface area contributed by atoms with Gasteiger partial charge in [0.05, 0.1) is 12.0 Å². The number of nitrogens with zero attached hydrogens (tertiary/aromatic N) is 1. The number of carbonyl (C=O) groups excluding carboxylic acids is 3. The normalized spacial score (nSPS) is 18.2. The van der Waals surface area contributed by atoms with Crippen molar-refractivity contribution in [3.8, 4) is 0 Å². The summed E-state index contributed by atoms with van der Waals surface area (Å²) in [6.07, 6.45) is 1.48. The van der Waals surface area contributed by atoms with Gasteiger partial charge in [0.15, 0.2) is 0 Å². The van der Waals surface area contributed by atoms with Crippen molar-refractivity contribution >= 4 is 35.0 Å². The third kappa shape index (κ3) is 3.13. The molecule has 1 aliphatic heterocycles. The summed E-state index contributed by atoms with van der Waals surface area (Å²) in [6.45, 7) is 1.42. The Labute approximate surface area is 124 Å². The van der Waals surface area contributed by atoms with Gasteiger partial charge in [0.1, 0.15) is 11.9 Å². The van der Waals surface area contributed by atoms with Crippen molar-refractivity contribution in [3.63, 3.8) is 0 Å². The maximum absolute atomic E-state index is 12.8. The summed E-state index contributed by atoms with van der Waals surface area (Å²) in [5.74, 6) is -1.62. The third-order valence-electron chi connectivity index (χ3n) is 2.92. The molecule has 1 aromatic rings. The van der Waals surface area contributed by atoms with Gasteiger partial charge in [-0.25, -0.2) is 9.18 Å². The number of hydrogen-bond acceptors (Lipinski definition) is 5. The molecule has 1 aliphatic rings. The second-order valence-electron chi connectivity index (χ2n) is 4.30. The quantitative estimate of drug-likeness (QED) is 0.634. The Morgan fingerprint density at radius 1 is 1.33 bits per heavy atom. The van der Waals surface area contributed by atoms with Crippen LogP contribution in [0.1, 0.15) is 12.5 Å². The zero-order chi connectivity index (χ0) is 15.6. The summed E-state index contributed by atoms with van der Waals surface area (Å²) in [5, 5.41) is -0.536. The number of thioether (sulfide) groups is 1. The van der Waals surface area contributed by atoms with Crippen molar-refractivity contribution in [2.75, 3.05) is 7.11 Å². The molecule has 7 heteroatoms. The molecule has 5 nitrogen and oxygen atoms in total. The van der Waals surface area contributed by atoms with E-state index in [1.54, 1.807) is 0 Å². The molecule has 0 unspecified atom stereocenters. The average molecular weight is 309 g/mol. The zero-order valence-electron chi connectivity index (χ0n) is 11.3. The molecular weight excluding hydrogens is 297 g/mol. The van der Waals surface area contributed by atoms with E-state index in [0.717, 1.165) is 16.7 Å². The molecule has 2 amide bonds. The van der Waals surface area contributed by atoms with Crippen molar-refractivity contribution in [1.82, 2.24) is 4.90 Å². The number of methoxy groups -OCH3 is 1. The van der Waals surface area contributed by atoms with E-state index in [1.807, 2.05) is 0 Å². The molecule has 0 saturated carbocycles. The second-order valence-corrected chi connectivity index (χ2v) is 5.30. The van der Waals surface area contributed by atoms with Crippen molar-refractivity contribution in [3.05, 3.63) is 40.6 Å². The fourth-order valence-corrected chi connectivity index (χ4v) is 2.71. The first-order chi connectivity index (χ1) is 9.93. The Balaban J connectivity index is 2.25. The first kappa shape index (κ1) is 15.2. The van der Waals surface area contributed by atoms with Gasteiger partial charge in [-0.15, -0.1) is 0 Å². The summed E-state index contributed by atoms with van der Waals surface area (Å²) in [4.78, 5) is 36.5. The highest BCUT2D eigenvalue weighted by atomic mass is 32.2. The van der Waals surface area contributed by atoms with Crippen LogP contribution in [0.3, 0.4) is 0 Å². The highest BCUT2D eigenvalue weighted by Crippen LogP contribution is 2.33. The fraction of sp³-hybridized carbons (Fsp3) is 0.214. The summed E-state index contributed by atoms with van der Waals surface area (Å²) < 4.78 is 17.4. The van der Waals surface area contributed by atoms with Crippen LogP contribution in [0.4, 0.5) is 9.18 Å². The van der Waals surface area contributed by atoms with Crippen molar-refractivity contribution < 1.29 is 23.5 Å². The minimum atomic E-state index is -0.985. The first-order valence-electron chi connectivity index (χ1n) is 6.04. The fourth-order valence-electron chi connectivity index (χ4n) is 1.80. The highest BCUT2D eigenvalue weighted by Gasteiger charge is 2.41. The topological polar surface area (TPSA) is 63.7 Å². The summed E-state index contributed by atoms with van der Waals surface area (Å²) in [6, 6.07) is 4.52. The summed E-state index contributed by atoms with van der Waals surface area (Å²) in [7, 11) is 1.19. The molecule has 21 heavy (non-hydrogen) atoms. The van der Waals surface area contributed by atoms with E-state index in [1.165, 1.54) is 44.4 Å². The number of esters is 1. The number of rotatable bonds is 3. The van der Waals surface area contributed by atoms with E-state index in [-0.39, 0.29) is 10.7 Å². The van der Waals surface area contributed by atoms with Crippen LogP contribution in [0.25, 0.3) is 6.08 Å². The largest absolute Gasteiger partial charge is 0.467 e. The van der Waals surface area contributed by atoms with E-state index in [2.05, 4.69) is 4.74 Å². The molecular formula is C14H12FNO4S. The zero-order valence-corrected chi connectivity index (χ0v) is 12.1. The number of carbonyl (C=O) groups is 3. The van der Waals surface area contributed by atoms with Crippen LogP contribution >= 0.6 is 11.8 Å². The number of ether oxygens (including phenoxy) is 1. The first-order valence-corrected chi connectivity index (χ1v) is 6.86. The standard InChI is InChI=1S/C14H12FNO4S/c1-8(13(18)20-2)16-12(17)11(21-14(16)19)7-9-3-5-10(15)6-4-9/h3-8H,1-2H3/t8-/m1/s1. The van der Waals surface area contributed by atoms with Crippen LogP contribution < -0.4 is 0 Å². The van der Waals surface area contributed by atoms with Crippen LogP contribution in [-0.4, -0.2) is 35.2 Å². The van der Waals surface area contributed by atoms with Gasteiger partial charge in [-0.3, -0.25) is 14.5 Å². The molecule has 0 N–H and O–H groups in total. The van der Waals surface area contributed by atoms with Gasteiger partial charge < -0.3 is 4.74 Å². The minimum absolute atomic E-state index is 0.183. The van der Waals surface area contributed by atoms with E-state index in [0.29, 0.717) is 5.56 Å². The van der Waals surface area contributed by atoms with E-state index >= 15 is 0 Å². The van der Waals surface area contributed by atoms with E-state index in [4.69, 9.17) is 0 Å². The van der Waals surface area contributed by atoms with Crippen molar-refractivity contribution in [1.29, 1.82) is 0 Å². The van der Waals surface area contributed by atoms with E-state index < -0.39 is 23.2 Å². The van der Waals surface area contributed by atoms with Crippen LogP contribution in [0.15, 0.2) is 29.2 Å². The minimum Gasteiger partial charge on any atom is -0.467 e. The molecule has 1 saturated heterocycles. The van der Waals surface area contributed by atoms with Gasteiger partial charge in [0.2, 0.25) is 0 Å². The Morgan fingerprint density at radius 2 is 1.95 bits per heavy atom. The lowest BCUT2D eigenvalue weighted by Crippen LogP contribution is -2.42. The molecule has 1 heterocycles. The lowest BCUT2D eigenvalue weighted by Gasteiger charge is -2.18. The molecule has 2 rings (SSSR count). The van der Waals surface area contributed by atoms with Gasteiger partial charge in [-0.2, -0.15) is 0 Å². The number of amides is 2. The van der Waals surface area contributed by atoms with Gasteiger partial charge in [-0.1, -0.05) is 12.1 Å². The Hall–Kier alpha value is -2.15. The maximum atomic E-state index is 12.8. The Kier molecular flexibility index (Phi) is 4.42. The molecule has 0 aliphatic carbocycles. The van der Waals surface area contributed by atoms with Crippen LogP contribution in [0, 0.1) is 5.82 Å². The molecule has 1 fully saturated rings. The molecule has 1 atom stereocenters. The van der Waals surface area contributed by atoms with E-state index in [9.17, 15) is 18.8 Å². The molecule has 1 aromatic carbocycles. The molecule has 0 spiro atoms. The van der Waals surface area contributed by atoms with Gasteiger partial charge in [0.25, 0.3) is 11.1 Å². The van der Waals surface area contributed by atoms with Gasteiger partial charge >= 0.3 is 5.97 Å². The molecule has 0 bridgehead atoms. The summed E-state index contributed by atoms with van der Waals surface area (Å²) >= 11 is 0.734. The number of hydrogen-bond donors (Lipinski definition) is 0. The molecule has 0 aromatic heterocycles. The lowest BCUT2D eigenvalue weighted by molar-refractivity contribution is -0.148.